The fourth-order valence-electron chi connectivity index (χ4n) is 1.35. The van der Waals surface area contributed by atoms with Crippen molar-refractivity contribution in [2.24, 2.45) is 5.73 Å². The number of rotatable bonds is 6. The maximum atomic E-state index is 5.92. The zero-order chi connectivity index (χ0) is 10.2. The Hall–Kier alpha value is -0.860. The van der Waals surface area contributed by atoms with E-state index in [1.807, 2.05) is 18.2 Å². The second kappa shape index (κ2) is 6.57. The van der Waals surface area contributed by atoms with Crippen LogP contribution in [0.2, 0.25) is 0 Å². The molecule has 0 radical (unpaired) electrons. The van der Waals surface area contributed by atoms with E-state index in [4.69, 9.17) is 10.5 Å². The molecule has 2 nitrogen and oxygen atoms in total. The van der Waals surface area contributed by atoms with Gasteiger partial charge in [-0.1, -0.05) is 37.3 Å². The molecule has 0 saturated heterocycles. The Balaban J connectivity index is 2.23. The zero-order valence-electron chi connectivity index (χ0n) is 8.78. The standard InChI is InChI=1S/C12H19NO/c1-2-8-14-10-12(13)9-11-6-4-3-5-7-11/h3-7,12H,2,8-10,13H2,1H3. The molecule has 1 aromatic carbocycles. The summed E-state index contributed by atoms with van der Waals surface area (Å²) in [7, 11) is 0. The van der Waals surface area contributed by atoms with Gasteiger partial charge >= 0.3 is 0 Å². The van der Waals surface area contributed by atoms with E-state index in [1.165, 1.54) is 5.56 Å². The van der Waals surface area contributed by atoms with Crippen molar-refractivity contribution in [2.45, 2.75) is 25.8 Å². The number of ether oxygens (including phenoxy) is 1. The fourth-order valence-corrected chi connectivity index (χ4v) is 1.35. The third-order valence-electron chi connectivity index (χ3n) is 2.02. The van der Waals surface area contributed by atoms with Gasteiger partial charge in [-0.15, -0.1) is 0 Å². The third-order valence-corrected chi connectivity index (χ3v) is 2.02. The van der Waals surface area contributed by atoms with Crippen LogP contribution >= 0.6 is 0 Å². The molecule has 0 spiro atoms. The van der Waals surface area contributed by atoms with E-state index in [1.54, 1.807) is 0 Å². The highest BCUT2D eigenvalue weighted by atomic mass is 16.5. The molecule has 0 amide bonds. The Morgan fingerprint density at radius 2 is 2.00 bits per heavy atom. The molecule has 1 atom stereocenters. The van der Waals surface area contributed by atoms with Crippen LogP contribution in [0.25, 0.3) is 0 Å². The van der Waals surface area contributed by atoms with Crippen molar-refractivity contribution in [3.8, 4) is 0 Å². The van der Waals surface area contributed by atoms with Gasteiger partial charge in [0, 0.05) is 12.6 Å². The second-order valence-corrected chi connectivity index (χ2v) is 3.52. The van der Waals surface area contributed by atoms with E-state index < -0.39 is 0 Å². The lowest BCUT2D eigenvalue weighted by Gasteiger charge is -2.11. The van der Waals surface area contributed by atoms with E-state index in [2.05, 4.69) is 19.1 Å². The van der Waals surface area contributed by atoms with Crippen LogP contribution in [0, 0.1) is 0 Å². The van der Waals surface area contributed by atoms with Crippen LogP contribution in [-0.2, 0) is 11.2 Å². The normalized spacial score (nSPS) is 12.7. The molecule has 1 rings (SSSR count). The smallest absolute Gasteiger partial charge is 0.0620 e. The van der Waals surface area contributed by atoms with E-state index in [0.29, 0.717) is 6.61 Å². The SMILES string of the molecule is CCCOCC(N)Cc1ccccc1. The molecule has 0 aliphatic rings. The summed E-state index contributed by atoms with van der Waals surface area (Å²) in [5, 5.41) is 0. The number of nitrogens with two attached hydrogens (primary N) is 1. The average molecular weight is 193 g/mol. The first-order chi connectivity index (χ1) is 6.83. The van der Waals surface area contributed by atoms with Crippen molar-refractivity contribution in [1.82, 2.24) is 0 Å². The molecule has 0 bridgehead atoms. The fraction of sp³-hybridized carbons (Fsp3) is 0.500. The van der Waals surface area contributed by atoms with Crippen LogP contribution in [0.15, 0.2) is 30.3 Å². The van der Waals surface area contributed by atoms with Gasteiger partial charge in [-0.3, -0.25) is 0 Å². The maximum absolute atomic E-state index is 5.92. The molecular formula is C12H19NO. The summed E-state index contributed by atoms with van der Waals surface area (Å²) in [5.74, 6) is 0. The quantitative estimate of drug-likeness (QED) is 0.701. The monoisotopic (exact) mass is 193 g/mol. The van der Waals surface area contributed by atoms with Crippen molar-refractivity contribution < 1.29 is 4.74 Å². The van der Waals surface area contributed by atoms with Crippen molar-refractivity contribution in [3.63, 3.8) is 0 Å². The Kier molecular flexibility index (Phi) is 5.27. The van der Waals surface area contributed by atoms with Gasteiger partial charge in [0.05, 0.1) is 6.61 Å². The molecule has 0 aliphatic heterocycles. The molecule has 1 unspecified atom stereocenters. The minimum atomic E-state index is 0.115. The first-order valence-electron chi connectivity index (χ1n) is 5.20. The Morgan fingerprint density at radius 3 is 2.64 bits per heavy atom. The molecule has 1 aromatic rings. The minimum Gasteiger partial charge on any atom is -0.380 e. The summed E-state index contributed by atoms with van der Waals surface area (Å²) < 4.78 is 5.39. The van der Waals surface area contributed by atoms with Crippen molar-refractivity contribution >= 4 is 0 Å². The predicted octanol–water partition coefficient (Wildman–Crippen LogP) is 1.98. The summed E-state index contributed by atoms with van der Waals surface area (Å²) in [5.41, 5.74) is 7.20. The Morgan fingerprint density at radius 1 is 1.29 bits per heavy atom. The first kappa shape index (κ1) is 11.2. The lowest BCUT2D eigenvalue weighted by Crippen LogP contribution is -2.28. The van der Waals surface area contributed by atoms with Crippen molar-refractivity contribution in [1.29, 1.82) is 0 Å². The topological polar surface area (TPSA) is 35.2 Å². The number of hydrogen-bond donors (Lipinski definition) is 1. The van der Waals surface area contributed by atoms with Gasteiger partial charge in [0.25, 0.3) is 0 Å². The third kappa shape index (κ3) is 4.40. The van der Waals surface area contributed by atoms with E-state index >= 15 is 0 Å². The van der Waals surface area contributed by atoms with Crippen LogP contribution in [0.1, 0.15) is 18.9 Å². The summed E-state index contributed by atoms with van der Waals surface area (Å²) in [4.78, 5) is 0. The van der Waals surface area contributed by atoms with Gasteiger partial charge in [-0.25, -0.2) is 0 Å². The summed E-state index contributed by atoms with van der Waals surface area (Å²) in [6.45, 7) is 3.56. The highest BCUT2D eigenvalue weighted by Crippen LogP contribution is 2.01. The van der Waals surface area contributed by atoms with Crippen molar-refractivity contribution in [2.75, 3.05) is 13.2 Å². The lowest BCUT2D eigenvalue weighted by atomic mass is 10.1. The summed E-state index contributed by atoms with van der Waals surface area (Å²) in [6.07, 6.45) is 1.95. The van der Waals surface area contributed by atoms with Gasteiger partial charge in [0.1, 0.15) is 0 Å². The summed E-state index contributed by atoms with van der Waals surface area (Å²) >= 11 is 0. The van der Waals surface area contributed by atoms with Gasteiger partial charge < -0.3 is 10.5 Å². The number of hydrogen-bond acceptors (Lipinski definition) is 2. The van der Waals surface area contributed by atoms with E-state index in [-0.39, 0.29) is 6.04 Å². The lowest BCUT2D eigenvalue weighted by molar-refractivity contribution is 0.121. The average Bonchev–Trinajstić information content (AvgIpc) is 2.20. The van der Waals surface area contributed by atoms with E-state index in [0.717, 1.165) is 19.4 Å². The molecule has 0 fully saturated rings. The van der Waals surface area contributed by atoms with Gasteiger partial charge in [0.15, 0.2) is 0 Å². The molecule has 0 aliphatic carbocycles. The second-order valence-electron chi connectivity index (χ2n) is 3.52. The Labute approximate surface area is 86.1 Å². The predicted molar refractivity (Wildman–Crippen MR) is 59.2 cm³/mol. The largest absolute Gasteiger partial charge is 0.380 e. The molecule has 14 heavy (non-hydrogen) atoms. The molecular weight excluding hydrogens is 174 g/mol. The van der Waals surface area contributed by atoms with Gasteiger partial charge in [0.2, 0.25) is 0 Å². The summed E-state index contributed by atoms with van der Waals surface area (Å²) in [6, 6.07) is 10.4. The zero-order valence-corrected chi connectivity index (χ0v) is 8.78. The molecule has 0 heterocycles. The van der Waals surface area contributed by atoms with E-state index in [9.17, 15) is 0 Å². The molecule has 2 heteroatoms. The van der Waals surface area contributed by atoms with Crippen molar-refractivity contribution in [3.05, 3.63) is 35.9 Å². The number of benzene rings is 1. The van der Waals surface area contributed by atoms with Crippen LogP contribution in [-0.4, -0.2) is 19.3 Å². The molecule has 78 valence electrons. The highest BCUT2D eigenvalue weighted by molar-refractivity contribution is 5.15. The first-order valence-corrected chi connectivity index (χ1v) is 5.20. The van der Waals surface area contributed by atoms with Gasteiger partial charge in [-0.05, 0) is 18.4 Å². The molecule has 0 aromatic heterocycles. The van der Waals surface area contributed by atoms with Crippen LogP contribution in [0.3, 0.4) is 0 Å². The van der Waals surface area contributed by atoms with Crippen LogP contribution < -0.4 is 5.73 Å². The van der Waals surface area contributed by atoms with Crippen LogP contribution in [0.5, 0.6) is 0 Å². The highest BCUT2D eigenvalue weighted by Gasteiger charge is 2.03. The Bertz CT molecular complexity index is 235. The maximum Gasteiger partial charge on any atom is 0.0620 e. The minimum absolute atomic E-state index is 0.115. The molecule has 0 saturated carbocycles. The van der Waals surface area contributed by atoms with Crippen LogP contribution in [0.4, 0.5) is 0 Å². The molecule has 2 N–H and O–H groups in total. The van der Waals surface area contributed by atoms with Gasteiger partial charge in [-0.2, -0.15) is 0 Å².